The van der Waals surface area contributed by atoms with E-state index in [9.17, 15) is 14.9 Å². The number of pyridine rings is 1. The quantitative estimate of drug-likeness (QED) is 0.340. The van der Waals surface area contributed by atoms with Gasteiger partial charge in [-0.15, -0.1) is 0 Å². The molecule has 0 amide bonds. The summed E-state index contributed by atoms with van der Waals surface area (Å²) in [5.41, 5.74) is 0.588. The van der Waals surface area contributed by atoms with Crippen molar-refractivity contribution in [1.29, 1.82) is 0 Å². The average Bonchev–Trinajstić information content (AvgIpc) is 2.30. The SMILES string of the molecule is COc1ncc(C#CCC=O)c(C)c1[N+](=O)[O-]. The van der Waals surface area contributed by atoms with E-state index in [-0.39, 0.29) is 18.0 Å². The molecular weight excluding hydrogens is 224 g/mol. The predicted octanol–water partition coefficient (Wildman–Crippen LogP) is 1.25. The van der Waals surface area contributed by atoms with Gasteiger partial charge in [0.2, 0.25) is 0 Å². The number of nitro groups is 1. The fourth-order valence-corrected chi connectivity index (χ4v) is 1.25. The Hall–Kier alpha value is -2.42. The molecule has 0 spiro atoms. The molecule has 88 valence electrons. The highest BCUT2D eigenvalue weighted by Gasteiger charge is 2.21. The lowest BCUT2D eigenvalue weighted by atomic mass is 10.1. The Morgan fingerprint density at radius 1 is 1.65 bits per heavy atom. The van der Waals surface area contributed by atoms with Crippen molar-refractivity contribution in [2.45, 2.75) is 13.3 Å². The molecule has 0 aliphatic rings. The third-order valence-corrected chi connectivity index (χ3v) is 2.06. The van der Waals surface area contributed by atoms with Crippen LogP contribution in [0.1, 0.15) is 17.5 Å². The van der Waals surface area contributed by atoms with E-state index in [0.717, 1.165) is 0 Å². The Labute approximate surface area is 97.8 Å². The van der Waals surface area contributed by atoms with Gasteiger partial charge in [0, 0.05) is 11.8 Å². The molecular formula is C11H10N2O4. The second kappa shape index (κ2) is 5.61. The molecule has 6 nitrogen and oxygen atoms in total. The van der Waals surface area contributed by atoms with Crippen LogP contribution in [0.5, 0.6) is 5.88 Å². The lowest BCUT2D eigenvalue weighted by Gasteiger charge is -2.04. The normalized spacial score (nSPS) is 9.06. The third kappa shape index (κ3) is 2.78. The molecule has 1 aromatic rings. The number of carbonyl (C=O) groups is 1. The molecule has 17 heavy (non-hydrogen) atoms. The summed E-state index contributed by atoms with van der Waals surface area (Å²) in [4.78, 5) is 24.2. The van der Waals surface area contributed by atoms with Gasteiger partial charge in [0.1, 0.15) is 6.29 Å². The summed E-state index contributed by atoms with van der Waals surface area (Å²) >= 11 is 0. The van der Waals surface area contributed by atoms with Gasteiger partial charge in [0.15, 0.2) is 0 Å². The van der Waals surface area contributed by atoms with Crippen LogP contribution in [0.3, 0.4) is 0 Å². The van der Waals surface area contributed by atoms with Crippen molar-refractivity contribution < 1.29 is 14.5 Å². The number of aromatic nitrogens is 1. The van der Waals surface area contributed by atoms with Gasteiger partial charge in [-0.25, -0.2) is 4.98 Å². The molecule has 0 saturated heterocycles. The molecule has 0 aliphatic heterocycles. The zero-order valence-electron chi connectivity index (χ0n) is 9.39. The van der Waals surface area contributed by atoms with Crippen LogP contribution < -0.4 is 4.74 Å². The minimum absolute atomic E-state index is 0.0477. The summed E-state index contributed by atoms with van der Waals surface area (Å²) in [5, 5.41) is 10.9. The molecule has 1 rings (SSSR count). The summed E-state index contributed by atoms with van der Waals surface area (Å²) in [6.45, 7) is 1.56. The molecule has 1 aromatic heterocycles. The number of carbonyl (C=O) groups excluding carboxylic acids is 1. The summed E-state index contributed by atoms with van der Waals surface area (Å²) in [6.07, 6.45) is 2.13. The smallest absolute Gasteiger partial charge is 0.335 e. The monoisotopic (exact) mass is 234 g/mol. The van der Waals surface area contributed by atoms with Gasteiger partial charge in [-0.1, -0.05) is 11.8 Å². The van der Waals surface area contributed by atoms with E-state index in [1.54, 1.807) is 6.92 Å². The van der Waals surface area contributed by atoms with Crippen molar-refractivity contribution in [3.63, 3.8) is 0 Å². The van der Waals surface area contributed by atoms with E-state index in [2.05, 4.69) is 16.8 Å². The zero-order valence-corrected chi connectivity index (χ0v) is 9.39. The molecule has 1 heterocycles. The Morgan fingerprint density at radius 3 is 2.88 bits per heavy atom. The number of ether oxygens (including phenoxy) is 1. The van der Waals surface area contributed by atoms with Crippen LogP contribution in [0.15, 0.2) is 6.20 Å². The number of aldehydes is 1. The van der Waals surface area contributed by atoms with E-state index in [1.807, 2.05) is 0 Å². The van der Waals surface area contributed by atoms with E-state index in [1.165, 1.54) is 13.3 Å². The molecule has 0 aliphatic carbocycles. The minimum atomic E-state index is -0.563. The second-order valence-electron chi connectivity index (χ2n) is 3.08. The molecule has 0 N–H and O–H groups in total. The van der Waals surface area contributed by atoms with Gasteiger partial charge in [0.25, 0.3) is 5.88 Å². The predicted molar refractivity (Wildman–Crippen MR) is 59.7 cm³/mol. The second-order valence-corrected chi connectivity index (χ2v) is 3.08. The number of rotatable bonds is 3. The standard InChI is InChI=1S/C11H10N2O4/c1-8-9(5-3-4-6-14)7-12-11(17-2)10(8)13(15)16/h6-7H,4H2,1-2H3. The molecule has 0 atom stereocenters. The number of nitrogens with zero attached hydrogens (tertiary/aromatic N) is 2. The maximum atomic E-state index is 10.9. The maximum absolute atomic E-state index is 10.9. The van der Waals surface area contributed by atoms with Gasteiger partial charge in [0.05, 0.1) is 24.0 Å². The van der Waals surface area contributed by atoms with Crippen LogP contribution in [0.25, 0.3) is 0 Å². The summed E-state index contributed by atoms with van der Waals surface area (Å²) in [7, 11) is 1.31. The molecule has 0 fully saturated rings. The van der Waals surface area contributed by atoms with Crippen LogP contribution in [0.2, 0.25) is 0 Å². The average molecular weight is 234 g/mol. The summed E-state index contributed by atoms with van der Waals surface area (Å²) in [5.74, 6) is 5.18. The van der Waals surface area contributed by atoms with Gasteiger partial charge in [-0.05, 0) is 6.92 Å². The van der Waals surface area contributed by atoms with E-state index >= 15 is 0 Å². The minimum Gasteiger partial charge on any atom is -0.476 e. The van der Waals surface area contributed by atoms with Gasteiger partial charge < -0.3 is 9.53 Å². The first-order valence-corrected chi connectivity index (χ1v) is 4.72. The fraction of sp³-hybridized carbons (Fsp3) is 0.273. The highest BCUT2D eigenvalue weighted by atomic mass is 16.6. The molecule has 0 saturated carbocycles. The third-order valence-electron chi connectivity index (χ3n) is 2.06. The van der Waals surface area contributed by atoms with Gasteiger partial charge in [-0.2, -0.15) is 0 Å². The first kappa shape index (κ1) is 12.6. The molecule has 0 aromatic carbocycles. The molecule has 0 bridgehead atoms. The largest absolute Gasteiger partial charge is 0.476 e. The lowest BCUT2D eigenvalue weighted by Crippen LogP contribution is -2.00. The van der Waals surface area contributed by atoms with Crippen LogP contribution in [0.4, 0.5) is 5.69 Å². The van der Waals surface area contributed by atoms with E-state index in [0.29, 0.717) is 17.4 Å². The highest BCUT2D eigenvalue weighted by molar-refractivity contribution is 5.58. The van der Waals surface area contributed by atoms with Crippen LogP contribution >= 0.6 is 0 Å². The van der Waals surface area contributed by atoms with Crippen LogP contribution in [-0.2, 0) is 4.79 Å². The highest BCUT2D eigenvalue weighted by Crippen LogP contribution is 2.29. The Morgan fingerprint density at radius 2 is 2.35 bits per heavy atom. The maximum Gasteiger partial charge on any atom is 0.335 e. The van der Waals surface area contributed by atoms with Crippen LogP contribution in [-0.4, -0.2) is 23.3 Å². The molecule has 0 radical (unpaired) electrons. The molecule has 0 unspecified atom stereocenters. The zero-order chi connectivity index (χ0) is 12.8. The topological polar surface area (TPSA) is 82.3 Å². The van der Waals surface area contributed by atoms with Crippen molar-refractivity contribution in [2.75, 3.05) is 7.11 Å². The first-order valence-electron chi connectivity index (χ1n) is 4.72. The Kier molecular flexibility index (Phi) is 4.17. The Bertz CT molecular complexity index is 514. The lowest BCUT2D eigenvalue weighted by molar-refractivity contribution is -0.386. The van der Waals surface area contributed by atoms with Gasteiger partial charge in [-0.3, -0.25) is 10.1 Å². The Balaban J connectivity index is 3.29. The first-order chi connectivity index (χ1) is 8.11. The van der Waals surface area contributed by atoms with E-state index < -0.39 is 4.92 Å². The number of hydrogen-bond donors (Lipinski definition) is 0. The number of methoxy groups -OCH3 is 1. The van der Waals surface area contributed by atoms with Crippen molar-refractivity contribution in [3.8, 4) is 17.7 Å². The van der Waals surface area contributed by atoms with Crippen molar-refractivity contribution in [1.82, 2.24) is 4.98 Å². The van der Waals surface area contributed by atoms with Crippen molar-refractivity contribution >= 4 is 12.0 Å². The molecule has 6 heteroatoms. The fourth-order valence-electron chi connectivity index (χ4n) is 1.25. The summed E-state index contributed by atoms with van der Waals surface area (Å²) in [6, 6.07) is 0. The van der Waals surface area contributed by atoms with Gasteiger partial charge >= 0.3 is 5.69 Å². The van der Waals surface area contributed by atoms with E-state index in [4.69, 9.17) is 4.74 Å². The van der Waals surface area contributed by atoms with Crippen molar-refractivity contribution in [3.05, 3.63) is 27.4 Å². The number of hydrogen-bond acceptors (Lipinski definition) is 5. The summed E-state index contributed by atoms with van der Waals surface area (Å²) < 4.78 is 4.81. The van der Waals surface area contributed by atoms with Crippen LogP contribution in [0, 0.1) is 28.9 Å². The van der Waals surface area contributed by atoms with Crippen molar-refractivity contribution in [2.24, 2.45) is 0 Å².